The van der Waals surface area contributed by atoms with E-state index in [1.54, 1.807) is 0 Å². The van der Waals surface area contributed by atoms with E-state index in [2.05, 4.69) is 10.3 Å². The number of nitrogens with one attached hydrogen (secondary N) is 1. The van der Waals surface area contributed by atoms with E-state index in [0.29, 0.717) is 12.1 Å². The van der Waals surface area contributed by atoms with Crippen LogP contribution in [0.15, 0.2) is 22.5 Å². The second kappa shape index (κ2) is 3.79. The molecule has 0 heterocycles. The van der Waals surface area contributed by atoms with Crippen molar-refractivity contribution in [2.24, 2.45) is 10.3 Å². The molecule has 0 aliphatic rings. The van der Waals surface area contributed by atoms with Gasteiger partial charge in [-0.2, -0.15) is 5.53 Å². The summed E-state index contributed by atoms with van der Waals surface area (Å²) in [5, 5.41) is 5.57. The van der Waals surface area contributed by atoms with Crippen molar-refractivity contribution in [1.82, 2.24) is 0 Å². The van der Waals surface area contributed by atoms with Gasteiger partial charge in [0.15, 0.2) is 11.6 Å². The van der Waals surface area contributed by atoms with Gasteiger partial charge in [0.1, 0.15) is 5.82 Å². The fourth-order valence-corrected chi connectivity index (χ4v) is 0.728. The molecule has 1 N–H and O–H groups in total. The molecule has 3 nitrogen and oxygen atoms in total. The Morgan fingerprint density at radius 1 is 1.08 bits per heavy atom. The van der Waals surface area contributed by atoms with Gasteiger partial charge in [0.2, 0.25) is 0 Å². The van der Waals surface area contributed by atoms with E-state index in [1.807, 2.05) is 0 Å². The molecule has 0 radical (unpaired) electrons. The number of halogens is 3. The fourth-order valence-electron chi connectivity index (χ4n) is 0.728. The van der Waals surface area contributed by atoms with Crippen molar-refractivity contribution in [2.75, 3.05) is 0 Å². The average molecular weight is 187 g/mol. The molecule has 68 valence electrons. The van der Waals surface area contributed by atoms with E-state index in [0.717, 1.165) is 6.21 Å². The molecule has 0 amide bonds. The Hall–Kier alpha value is -1.72. The van der Waals surface area contributed by atoms with Crippen LogP contribution >= 0.6 is 0 Å². The first kappa shape index (κ1) is 9.37. The molecule has 0 aliphatic heterocycles. The summed E-state index contributed by atoms with van der Waals surface area (Å²) in [4.78, 5) is 0. The van der Waals surface area contributed by atoms with Crippen molar-refractivity contribution in [1.29, 1.82) is 5.53 Å². The Kier molecular flexibility index (Phi) is 2.73. The van der Waals surface area contributed by atoms with Gasteiger partial charge in [0.05, 0.1) is 6.21 Å². The highest BCUT2D eigenvalue weighted by Crippen LogP contribution is 2.11. The Balaban J connectivity index is 3.15. The van der Waals surface area contributed by atoms with Crippen molar-refractivity contribution in [3.63, 3.8) is 0 Å². The molecule has 0 saturated heterocycles. The highest BCUT2D eigenvalue weighted by atomic mass is 19.2. The highest BCUT2D eigenvalue weighted by Gasteiger charge is 2.07. The predicted molar refractivity (Wildman–Crippen MR) is 39.1 cm³/mol. The third-order valence-corrected chi connectivity index (χ3v) is 1.29. The molecule has 0 spiro atoms. The van der Waals surface area contributed by atoms with E-state index >= 15 is 0 Å². The maximum Gasteiger partial charge on any atom is 0.161 e. The highest BCUT2D eigenvalue weighted by molar-refractivity contribution is 5.79. The van der Waals surface area contributed by atoms with Crippen LogP contribution in [0.1, 0.15) is 5.56 Å². The third-order valence-electron chi connectivity index (χ3n) is 1.29. The molecule has 1 aromatic rings. The van der Waals surface area contributed by atoms with Crippen molar-refractivity contribution < 1.29 is 13.2 Å². The third kappa shape index (κ3) is 2.11. The lowest BCUT2D eigenvalue weighted by atomic mass is 10.2. The molecule has 6 heteroatoms. The summed E-state index contributed by atoms with van der Waals surface area (Å²) in [6, 6.07) is 1.04. The minimum atomic E-state index is -1.27. The van der Waals surface area contributed by atoms with E-state index in [9.17, 15) is 13.2 Å². The summed E-state index contributed by atoms with van der Waals surface area (Å²) in [6.07, 6.45) is 0.824. The van der Waals surface area contributed by atoms with Crippen molar-refractivity contribution in [3.8, 4) is 0 Å². The summed E-state index contributed by atoms with van der Waals surface area (Å²) in [7, 11) is 0. The zero-order valence-corrected chi connectivity index (χ0v) is 6.26. The number of rotatable bonds is 2. The maximum absolute atomic E-state index is 12.8. The Morgan fingerprint density at radius 3 is 2.31 bits per heavy atom. The fraction of sp³-hybridized carbons (Fsp3) is 0. The van der Waals surface area contributed by atoms with Gasteiger partial charge in [0.25, 0.3) is 0 Å². The van der Waals surface area contributed by atoms with Gasteiger partial charge in [0, 0.05) is 11.6 Å². The molecule has 0 unspecified atom stereocenters. The maximum atomic E-state index is 12.8. The predicted octanol–water partition coefficient (Wildman–Crippen LogP) is 2.47. The van der Waals surface area contributed by atoms with E-state index in [4.69, 9.17) is 5.53 Å². The van der Waals surface area contributed by atoms with Crippen molar-refractivity contribution in [2.45, 2.75) is 0 Å². The zero-order valence-electron chi connectivity index (χ0n) is 6.26. The number of hydrogen-bond donors (Lipinski definition) is 1. The Bertz CT molecular complexity index is 362. The summed E-state index contributed by atoms with van der Waals surface area (Å²) >= 11 is 0. The van der Waals surface area contributed by atoms with Crippen LogP contribution in [-0.2, 0) is 0 Å². The summed E-state index contributed by atoms with van der Waals surface area (Å²) in [5.41, 5.74) is 6.00. The monoisotopic (exact) mass is 187 g/mol. The van der Waals surface area contributed by atoms with Crippen LogP contribution in [0.25, 0.3) is 0 Å². The largest absolute Gasteiger partial charge is 0.206 e. The molecule has 0 bridgehead atoms. The molecule has 0 aromatic heterocycles. The second-order valence-corrected chi connectivity index (χ2v) is 2.13. The van der Waals surface area contributed by atoms with E-state index in [-0.39, 0.29) is 5.56 Å². The first-order valence-electron chi connectivity index (χ1n) is 3.19. The number of nitrogens with zero attached hydrogens (tertiary/aromatic N) is 2. The van der Waals surface area contributed by atoms with Crippen LogP contribution in [0.4, 0.5) is 13.2 Å². The standard InChI is InChI=1S/C7H4F3N3/c8-5-2-7(10)6(9)1-4(5)3-12-13-11/h1-3,11H/b12-3+,13-11?. The van der Waals surface area contributed by atoms with Crippen molar-refractivity contribution in [3.05, 3.63) is 35.1 Å². The smallest absolute Gasteiger partial charge is 0.161 e. The second-order valence-electron chi connectivity index (χ2n) is 2.13. The first-order valence-corrected chi connectivity index (χ1v) is 3.19. The number of hydrogen-bond acceptors (Lipinski definition) is 2. The molecule has 1 rings (SSSR count). The molecular formula is C7H4F3N3. The number of benzene rings is 1. The lowest BCUT2D eigenvalue weighted by Gasteiger charge is -1.96. The molecule has 0 saturated carbocycles. The molecule has 0 fully saturated rings. The lowest BCUT2D eigenvalue weighted by molar-refractivity contribution is 0.494. The van der Waals surface area contributed by atoms with Crippen LogP contribution in [0.5, 0.6) is 0 Å². The Morgan fingerprint density at radius 2 is 1.69 bits per heavy atom. The topological polar surface area (TPSA) is 48.6 Å². The molecule has 0 atom stereocenters. The van der Waals surface area contributed by atoms with Gasteiger partial charge in [-0.25, -0.2) is 13.2 Å². The van der Waals surface area contributed by atoms with Gasteiger partial charge in [-0.1, -0.05) is 5.22 Å². The van der Waals surface area contributed by atoms with Crippen LogP contribution in [0.3, 0.4) is 0 Å². The van der Waals surface area contributed by atoms with E-state index in [1.165, 1.54) is 0 Å². The van der Waals surface area contributed by atoms with Gasteiger partial charge in [-0.15, -0.1) is 5.10 Å². The van der Waals surface area contributed by atoms with Crippen LogP contribution < -0.4 is 0 Å². The summed E-state index contributed by atoms with van der Waals surface area (Å²) in [6.45, 7) is 0. The normalized spacial score (nSPS) is 10.7. The zero-order chi connectivity index (χ0) is 9.84. The lowest BCUT2D eigenvalue weighted by Crippen LogP contribution is -1.93. The average Bonchev–Trinajstić information content (AvgIpc) is 2.09. The van der Waals surface area contributed by atoms with E-state index < -0.39 is 17.5 Å². The van der Waals surface area contributed by atoms with Crippen molar-refractivity contribution >= 4 is 6.21 Å². The van der Waals surface area contributed by atoms with Gasteiger partial charge < -0.3 is 0 Å². The molecule has 1 aromatic carbocycles. The molecule has 0 aliphatic carbocycles. The first-order chi connectivity index (χ1) is 6.15. The minimum Gasteiger partial charge on any atom is -0.206 e. The quantitative estimate of drug-likeness (QED) is 0.320. The molecular weight excluding hydrogens is 183 g/mol. The van der Waals surface area contributed by atoms with Gasteiger partial charge >= 0.3 is 0 Å². The van der Waals surface area contributed by atoms with Crippen LogP contribution in [-0.4, -0.2) is 6.21 Å². The SMILES string of the molecule is N=N/N=C/c1cc(F)c(F)cc1F. The van der Waals surface area contributed by atoms with Crippen LogP contribution in [0.2, 0.25) is 0 Å². The van der Waals surface area contributed by atoms with Gasteiger partial charge in [-0.3, -0.25) is 0 Å². The minimum absolute atomic E-state index is 0.255. The van der Waals surface area contributed by atoms with Crippen LogP contribution in [0, 0.1) is 23.0 Å². The summed E-state index contributed by atoms with van der Waals surface area (Å²) in [5.74, 6) is -3.39. The molecule has 13 heavy (non-hydrogen) atoms. The summed E-state index contributed by atoms with van der Waals surface area (Å²) < 4.78 is 37.6. The van der Waals surface area contributed by atoms with Gasteiger partial charge in [-0.05, 0) is 6.07 Å². The Labute approximate surface area is 71.4 Å².